The highest BCUT2D eigenvalue weighted by Gasteiger charge is 2.12. The molecule has 18 heavy (non-hydrogen) atoms. The van der Waals surface area contributed by atoms with E-state index in [-0.39, 0.29) is 0 Å². The van der Waals surface area contributed by atoms with Crippen molar-refractivity contribution >= 4 is 33.2 Å². The summed E-state index contributed by atoms with van der Waals surface area (Å²) in [7, 11) is 0. The van der Waals surface area contributed by atoms with E-state index < -0.39 is 0 Å². The maximum atomic E-state index is 6.06. The van der Waals surface area contributed by atoms with Gasteiger partial charge in [-0.1, -0.05) is 34.1 Å². The van der Waals surface area contributed by atoms with Gasteiger partial charge in [-0.3, -0.25) is 0 Å². The Morgan fingerprint density at radius 2 is 1.89 bits per heavy atom. The van der Waals surface area contributed by atoms with Crippen LogP contribution in [0.5, 0.6) is 0 Å². The maximum absolute atomic E-state index is 6.06. The first-order chi connectivity index (χ1) is 8.79. The van der Waals surface area contributed by atoms with Crippen molar-refractivity contribution in [3.63, 3.8) is 0 Å². The lowest BCUT2D eigenvalue weighted by Gasteiger charge is -2.01. The van der Waals surface area contributed by atoms with Gasteiger partial charge >= 0.3 is 0 Å². The highest BCUT2D eigenvalue weighted by atomic mass is 79.9. The molecule has 0 saturated heterocycles. The summed E-state index contributed by atoms with van der Waals surface area (Å²) in [5.74, 6) is 0.441. The molecule has 2 nitrogen and oxygen atoms in total. The van der Waals surface area contributed by atoms with E-state index in [0.717, 1.165) is 27.1 Å². The summed E-state index contributed by atoms with van der Waals surface area (Å²) in [6.45, 7) is 0. The summed E-state index contributed by atoms with van der Waals surface area (Å²) in [6, 6.07) is 14.1. The molecule has 2 heterocycles. The average Bonchev–Trinajstić information content (AvgIpc) is 2.78. The van der Waals surface area contributed by atoms with Crippen molar-refractivity contribution in [2.45, 2.75) is 5.88 Å². The average molecular weight is 322 g/mol. The Kier molecular flexibility index (Phi) is 3.10. The van der Waals surface area contributed by atoms with Crippen molar-refractivity contribution < 1.29 is 0 Å². The number of hydrogen-bond acceptors (Lipinski definition) is 1. The maximum Gasteiger partial charge on any atom is 0.137 e. The van der Waals surface area contributed by atoms with Gasteiger partial charge in [0.2, 0.25) is 0 Å². The molecule has 0 aliphatic carbocycles. The van der Waals surface area contributed by atoms with E-state index in [4.69, 9.17) is 11.6 Å². The van der Waals surface area contributed by atoms with Crippen molar-refractivity contribution in [2.75, 3.05) is 0 Å². The number of aromatic nitrogens is 2. The number of rotatable bonds is 2. The van der Waals surface area contributed by atoms with Gasteiger partial charge in [0.25, 0.3) is 0 Å². The van der Waals surface area contributed by atoms with Crippen LogP contribution in [0.3, 0.4) is 0 Å². The predicted octanol–water partition coefficient (Wildman–Crippen LogP) is 4.50. The molecule has 0 radical (unpaired) electrons. The molecule has 2 aromatic heterocycles. The number of benzene rings is 1. The molecule has 3 aromatic rings. The first kappa shape index (κ1) is 11.8. The minimum absolute atomic E-state index is 0.441. The first-order valence-corrected chi connectivity index (χ1v) is 6.90. The SMILES string of the molecule is ClCc1c(-c2ccc(Br)cc2)nc2ccccn12. The largest absolute Gasteiger partial charge is 0.302 e. The van der Waals surface area contributed by atoms with E-state index in [2.05, 4.69) is 20.9 Å². The summed E-state index contributed by atoms with van der Waals surface area (Å²) in [5, 5.41) is 0. The van der Waals surface area contributed by atoms with Crippen LogP contribution < -0.4 is 0 Å². The van der Waals surface area contributed by atoms with Crippen molar-refractivity contribution in [3.05, 3.63) is 58.8 Å². The minimum atomic E-state index is 0.441. The third-order valence-electron chi connectivity index (χ3n) is 2.87. The Morgan fingerprint density at radius 1 is 1.11 bits per heavy atom. The van der Waals surface area contributed by atoms with Gasteiger partial charge in [0.05, 0.1) is 17.3 Å². The molecular weight excluding hydrogens is 312 g/mol. The van der Waals surface area contributed by atoms with Gasteiger partial charge in [0, 0.05) is 16.2 Å². The van der Waals surface area contributed by atoms with Gasteiger partial charge < -0.3 is 4.40 Å². The molecule has 0 aliphatic rings. The molecule has 3 rings (SSSR count). The van der Waals surface area contributed by atoms with Gasteiger partial charge in [-0.05, 0) is 24.3 Å². The molecule has 0 unspecified atom stereocenters. The lowest BCUT2D eigenvalue weighted by Crippen LogP contribution is -1.90. The van der Waals surface area contributed by atoms with Crippen LogP contribution in [0.1, 0.15) is 5.69 Å². The highest BCUT2D eigenvalue weighted by Crippen LogP contribution is 2.26. The van der Waals surface area contributed by atoms with Gasteiger partial charge in [-0.25, -0.2) is 4.98 Å². The standard InChI is InChI=1S/C14H10BrClN2/c15-11-6-4-10(5-7-11)14-12(9-16)18-8-2-1-3-13(18)17-14/h1-8H,9H2. The molecule has 0 saturated carbocycles. The second kappa shape index (κ2) is 4.75. The smallest absolute Gasteiger partial charge is 0.137 e. The highest BCUT2D eigenvalue weighted by molar-refractivity contribution is 9.10. The predicted molar refractivity (Wildman–Crippen MR) is 77.9 cm³/mol. The van der Waals surface area contributed by atoms with Gasteiger partial charge in [0.15, 0.2) is 0 Å². The molecule has 1 aromatic carbocycles. The molecule has 0 atom stereocenters. The van der Waals surface area contributed by atoms with Crippen molar-refractivity contribution in [3.8, 4) is 11.3 Å². The fourth-order valence-electron chi connectivity index (χ4n) is 2.01. The molecule has 0 aliphatic heterocycles. The zero-order valence-corrected chi connectivity index (χ0v) is 11.8. The van der Waals surface area contributed by atoms with Crippen LogP contribution in [-0.2, 0) is 5.88 Å². The number of hydrogen-bond donors (Lipinski definition) is 0. The van der Waals surface area contributed by atoms with Crippen molar-refractivity contribution in [1.29, 1.82) is 0 Å². The van der Waals surface area contributed by atoms with Crippen LogP contribution in [0.15, 0.2) is 53.1 Å². The van der Waals surface area contributed by atoms with Gasteiger partial charge in [-0.15, -0.1) is 11.6 Å². The van der Waals surface area contributed by atoms with E-state index in [1.165, 1.54) is 0 Å². The van der Waals surface area contributed by atoms with E-state index >= 15 is 0 Å². The quantitative estimate of drug-likeness (QED) is 0.635. The van der Waals surface area contributed by atoms with Crippen LogP contribution in [0.25, 0.3) is 16.9 Å². The molecule has 90 valence electrons. The summed E-state index contributed by atoms with van der Waals surface area (Å²) in [6.07, 6.45) is 1.99. The molecule has 4 heteroatoms. The minimum Gasteiger partial charge on any atom is -0.302 e. The van der Waals surface area contributed by atoms with E-state index in [0.29, 0.717) is 5.88 Å². The van der Waals surface area contributed by atoms with E-state index in [1.54, 1.807) is 0 Å². The number of nitrogens with zero attached hydrogens (tertiary/aromatic N) is 2. The van der Waals surface area contributed by atoms with E-state index in [1.807, 2.05) is 53.1 Å². The Hall–Kier alpha value is -1.32. The number of alkyl halides is 1. The summed E-state index contributed by atoms with van der Waals surface area (Å²) >= 11 is 9.50. The van der Waals surface area contributed by atoms with Gasteiger partial charge in [0.1, 0.15) is 5.65 Å². The zero-order chi connectivity index (χ0) is 12.5. The molecule has 0 amide bonds. The molecule has 0 N–H and O–H groups in total. The zero-order valence-electron chi connectivity index (χ0n) is 9.48. The Bertz CT molecular complexity index is 689. The first-order valence-electron chi connectivity index (χ1n) is 5.57. The molecule has 0 bridgehead atoms. The molecular formula is C14H10BrClN2. The molecule has 0 spiro atoms. The normalized spacial score (nSPS) is 11.0. The third-order valence-corrected chi connectivity index (χ3v) is 3.65. The number of fused-ring (bicyclic) bond motifs is 1. The van der Waals surface area contributed by atoms with Crippen LogP contribution in [0.4, 0.5) is 0 Å². The number of halogens is 2. The van der Waals surface area contributed by atoms with Crippen LogP contribution in [-0.4, -0.2) is 9.38 Å². The van der Waals surface area contributed by atoms with Crippen molar-refractivity contribution in [1.82, 2.24) is 9.38 Å². The summed E-state index contributed by atoms with van der Waals surface area (Å²) in [5.41, 5.74) is 3.97. The number of pyridine rings is 1. The lowest BCUT2D eigenvalue weighted by atomic mass is 10.1. The third kappa shape index (κ3) is 1.93. The van der Waals surface area contributed by atoms with Crippen LogP contribution in [0.2, 0.25) is 0 Å². The lowest BCUT2D eigenvalue weighted by molar-refractivity contribution is 1.09. The van der Waals surface area contributed by atoms with E-state index in [9.17, 15) is 0 Å². The fourth-order valence-corrected chi connectivity index (χ4v) is 2.53. The van der Waals surface area contributed by atoms with Crippen LogP contribution in [0, 0.1) is 0 Å². The Morgan fingerprint density at radius 3 is 2.61 bits per heavy atom. The van der Waals surface area contributed by atoms with Crippen molar-refractivity contribution in [2.24, 2.45) is 0 Å². The monoisotopic (exact) mass is 320 g/mol. The second-order valence-corrected chi connectivity index (χ2v) is 5.16. The summed E-state index contributed by atoms with van der Waals surface area (Å²) < 4.78 is 3.09. The number of imidazole rings is 1. The molecule has 0 fully saturated rings. The Balaban J connectivity index is 2.25. The topological polar surface area (TPSA) is 17.3 Å². The Labute approximate surface area is 118 Å². The van der Waals surface area contributed by atoms with Crippen LogP contribution >= 0.6 is 27.5 Å². The fraction of sp³-hybridized carbons (Fsp3) is 0.0714. The van der Waals surface area contributed by atoms with Gasteiger partial charge in [-0.2, -0.15) is 0 Å². The second-order valence-electron chi connectivity index (χ2n) is 3.98. The summed E-state index contributed by atoms with van der Waals surface area (Å²) in [4.78, 5) is 4.65.